The number of nitrogens with zero attached hydrogens (tertiary/aromatic N) is 1. The Morgan fingerprint density at radius 2 is 2.17 bits per heavy atom. The highest BCUT2D eigenvalue weighted by molar-refractivity contribution is 7.17. The third kappa shape index (κ3) is 2.92. The van der Waals surface area contributed by atoms with Crippen LogP contribution in [-0.4, -0.2) is 48.9 Å². The van der Waals surface area contributed by atoms with Crippen LogP contribution >= 0.6 is 11.3 Å². The van der Waals surface area contributed by atoms with Crippen molar-refractivity contribution in [3.05, 3.63) is 35.2 Å². The number of rotatable bonds is 3. The summed E-state index contributed by atoms with van der Waals surface area (Å²) in [7, 11) is 1.27. The normalized spacial score (nSPS) is 17.9. The number of benzene rings is 1. The fourth-order valence-electron chi connectivity index (χ4n) is 2.70. The molecule has 1 aliphatic heterocycles. The van der Waals surface area contributed by atoms with E-state index in [0.717, 1.165) is 10.1 Å². The highest BCUT2D eigenvalue weighted by atomic mass is 32.1. The van der Waals surface area contributed by atoms with Gasteiger partial charge in [0.15, 0.2) is 0 Å². The summed E-state index contributed by atoms with van der Waals surface area (Å²) in [4.78, 5) is 38.0. The zero-order valence-corrected chi connectivity index (χ0v) is 13.4. The van der Waals surface area contributed by atoms with Crippen molar-refractivity contribution in [3.63, 3.8) is 0 Å². The SMILES string of the molecule is COC(=O)C[C@H]1C(=O)NCCN1C(=O)c1csc2ccccc12. The minimum Gasteiger partial charge on any atom is -0.469 e. The number of hydrogen-bond donors (Lipinski definition) is 1. The van der Waals surface area contributed by atoms with Crippen molar-refractivity contribution >= 4 is 39.2 Å². The van der Waals surface area contributed by atoms with Gasteiger partial charge in [-0.25, -0.2) is 0 Å². The van der Waals surface area contributed by atoms with Crippen molar-refractivity contribution in [1.29, 1.82) is 0 Å². The number of piperazine rings is 1. The van der Waals surface area contributed by atoms with Crippen LogP contribution in [0.5, 0.6) is 0 Å². The molecule has 0 radical (unpaired) electrons. The number of thiophene rings is 1. The number of esters is 1. The molecule has 2 heterocycles. The van der Waals surface area contributed by atoms with Crippen LogP contribution in [0, 0.1) is 0 Å². The molecule has 3 rings (SSSR count). The number of methoxy groups -OCH3 is 1. The van der Waals surface area contributed by atoms with Crippen molar-refractivity contribution in [1.82, 2.24) is 10.2 Å². The standard InChI is InChI=1S/C16H16N2O4S/c1-22-14(19)8-12-15(20)17-6-7-18(12)16(21)11-9-23-13-5-3-2-4-10(11)13/h2-5,9,12H,6-8H2,1H3,(H,17,20)/t12-/m0/s1. The molecule has 1 aliphatic rings. The topological polar surface area (TPSA) is 75.7 Å². The van der Waals surface area contributed by atoms with E-state index >= 15 is 0 Å². The third-order valence-electron chi connectivity index (χ3n) is 3.89. The lowest BCUT2D eigenvalue weighted by Gasteiger charge is -2.34. The average molecular weight is 332 g/mol. The van der Waals surface area contributed by atoms with Gasteiger partial charge in [0, 0.05) is 28.6 Å². The van der Waals surface area contributed by atoms with Crippen LogP contribution in [0.15, 0.2) is 29.6 Å². The summed E-state index contributed by atoms with van der Waals surface area (Å²) in [5.41, 5.74) is 0.565. The van der Waals surface area contributed by atoms with Gasteiger partial charge in [-0.15, -0.1) is 11.3 Å². The third-order valence-corrected chi connectivity index (χ3v) is 4.85. The van der Waals surface area contributed by atoms with Gasteiger partial charge in [-0.1, -0.05) is 18.2 Å². The van der Waals surface area contributed by atoms with Gasteiger partial charge in [-0.3, -0.25) is 14.4 Å². The van der Waals surface area contributed by atoms with Crippen LogP contribution in [0.1, 0.15) is 16.8 Å². The first-order valence-corrected chi connectivity index (χ1v) is 8.11. The van der Waals surface area contributed by atoms with Crippen LogP contribution < -0.4 is 5.32 Å². The Hall–Kier alpha value is -2.41. The van der Waals surface area contributed by atoms with E-state index < -0.39 is 12.0 Å². The van der Waals surface area contributed by atoms with Gasteiger partial charge in [0.2, 0.25) is 5.91 Å². The molecule has 120 valence electrons. The fraction of sp³-hybridized carbons (Fsp3) is 0.312. The molecular weight excluding hydrogens is 316 g/mol. The summed E-state index contributed by atoms with van der Waals surface area (Å²) in [6.45, 7) is 0.751. The summed E-state index contributed by atoms with van der Waals surface area (Å²) in [6, 6.07) is 6.80. The monoisotopic (exact) mass is 332 g/mol. The number of fused-ring (bicyclic) bond motifs is 1. The Kier molecular flexibility index (Phi) is 4.29. The first-order valence-electron chi connectivity index (χ1n) is 7.23. The lowest BCUT2D eigenvalue weighted by Crippen LogP contribution is -2.57. The zero-order valence-electron chi connectivity index (χ0n) is 12.6. The van der Waals surface area contributed by atoms with E-state index in [1.807, 2.05) is 24.3 Å². The molecule has 0 spiro atoms. The number of carbonyl (C=O) groups is 3. The van der Waals surface area contributed by atoms with Crippen LogP contribution in [-0.2, 0) is 14.3 Å². The van der Waals surface area contributed by atoms with Gasteiger partial charge < -0.3 is 15.0 Å². The molecule has 0 saturated carbocycles. The fourth-order valence-corrected chi connectivity index (χ4v) is 3.63. The quantitative estimate of drug-likeness (QED) is 0.862. The maximum atomic E-state index is 12.9. The molecule has 2 aromatic rings. The zero-order chi connectivity index (χ0) is 16.4. The summed E-state index contributed by atoms with van der Waals surface area (Å²) < 4.78 is 5.65. The predicted octanol–water partition coefficient (Wildman–Crippen LogP) is 1.41. The molecule has 0 unspecified atom stereocenters. The smallest absolute Gasteiger partial charge is 0.308 e. The van der Waals surface area contributed by atoms with Gasteiger partial charge in [0.25, 0.3) is 5.91 Å². The molecule has 1 fully saturated rings. The molecule has 6 nitrogen and oxygen atoms in total. The molecule has 0 bridgehead atoms. The largest absolute Gasteiger partial charge is 0.469 e. The molecule has 2 amide bonds. The Labute approximate surface area is 137 Å². The molecule has 23 heavy (non-hydrogen) atoms. The number of carbonyl (C=O) groups excluding carboxylic acids is 3. The van der Waals surface area contributed by atoms with E-state index in [9.17, 15) is 14.4 Å². The molecule has 1 aromatic carbocycles. The Balaban J connectivity index is 1.92. The summed E-state index contributed by atoms with van der Waals surface area (Å²) in [6.07, 6.45) is -0.143. The van der Waals surface area contributed by atoms with Crippen LogP contribution in [0.25, 0.3) is 10.1 Å². The lowest BCUT2D eigenvalue weighted by atomic mass is 10.1. The van der Waals surface area contributed by atoms with Gasteiger partial charge in [0.1, 0.15) is 6.04 Å². The molecule has 0 aliphatic carbocycles. The van der Waals surface area contributed by atoms with Crippen molar-refractivity contribution in [2.24, 2.45) is 0 Å². The molecule has 7 heteroatoms. The second-order valence-electron chi connectivity index (χ2n) is 5.23. The van der Waals surface area contributed by atoms with Gasteiger partial charge in [-0.05, 0) is 6.07 Å². The van der Waals surface area contributed by atoms with Crippen molar-refractivity contribution in [3.8, 4) is 0 Å². The molecule has 1 aromatic heterocycles. The Morgan fingerprint density at radius 3 is 2.96 bits per heavy atom. The first-order chi connectivity index (χ1) is 11.1. The summed E-state index contributed by atoms with van der Waals surface area (Å²) in [5.74, 6) is -1.07. The summed E-state index contributed by atoms with van der Waals surface area (Å²) in [5, 5.41) is 5.36. The minimum absolute atomic E-state index is 0.143. The highest BCUT2D eigenvalue weighted by Crippen LogP contribution is 2.27. The van der Waals surface area contributed by atoms with Crippen molar-refractivity contribution < 1.29 is 19.1 Å². The van der Waals surface area contributed by atoms with E-state index in [0.29, 0.717) is 18.7 Å². The van der Waals surface area contributed by atoms with E-state index in [2.05, 4.69) is 10.1 Å². The van der Waals surface area contributed by atoms with E-state index in [1.54, 1.807) is 5.38 Å². The number of hydrogen-bond acceptors (Lipinski definition) is 5. The Bertz CT molecular complexity index is 770. The second-order valence-corrected chi connectivity index (χ2v) is 6.14. The van der Waals surface area contributed by atoms with Crippen LogP contribution in [0.2, 0.25) is 0 Å². The minimum atomic E-state index is -0.831. The van der Waals surface area contributed by atoms with E-state index in [-0.39, 0.29) is 18.2 Å². The van der Waals surface area contributed by atoms with Crippen molar-refractivity contribution in [2.45, 2.75) is 12.5 Å². The van der Waals surface area contributed by atoms with E-state index in [1.165, 1.54) is 23.3 Å². The number of nitrogens with one attached hydrogen (secondary N) is 1. The second kappa shape index (κ2) is 6.37. The highest BCUT2D eigenvalue weighted by Gasteiger charge is 2.36. The molecular formula is C16H16N2O4S. The Morgan fingerprint density at radius 1 is 1.39 bits per heavy atom. The van der Waals surface area contributed by atoms with Crippen LogP contribution in [0.3, 0.4) is 0 Å². The van der Waals surface area contributed by atoms with Gasteiger partial charge in [-0.2, -0.15) is 0 Å². The van der Waals surface area contributed by atoms with Gasteiger partial charge in [0.05, 0.1) is 19.1 Å². The maximum absolute atomic E-state index is 12.9. The van der Waals surface area contributed by atoms with Gasteiger partial charge >= 0.3 is 5.97 Å². The maximum Gasteiger partial charge on any atom is 0.308 e. The first kappa shape index (κ1) is 15.5. The lowest BCUT2D eigenvalue weighted by molar-refractivity contribution is -0.145. The summed E-state index contributed by atoms with van der Waals surface area (Å²) >= 11 is 1.49. The molecule has 1 atom stereocenters. The predicted molar refractivity (Wildman–Crippen MR) is 86.3 cm³/mol. The molecule has 1 saturated heterocycles. The van der Waals surface area contributed by atoms with Crippen molar-refractivity contribution in [2.75, 3.05) is 20.2 Å². The average Bonchev–Trinajstić information content (AvgIpc) is 3.00. The number of ether oxygens (including phenoxy) is 1. The van der Waals surface area contributed by atoms with Crippen LogP contribution in [0.4, 0.5) is 0 Å². The molecule has 1 N–H and O–H groups in total. The van der Waals surface area contributed by atoms with E-state index in [4.69, 9.17) is 0 Å². The number of amides is 2.